The molecular formula is C30H44N4O8. The standard InChI is InChI=1S/C30H44N4O8/c1-4-26-23-41-17-13-33(21-24-7-5-9-27(31-24)29(35)37-2)11-15-39-19-20-40-16-12-34(14-18-42-26)22-25-8-6-10-28(32-25)30(36)38-3/h5-10,26H,4,11-23H2,1-3H3/t26-/m1/s1. The molecule has 1 saturated heterocycles. The first kappa shape index (κ1) is 33.5. The molecule has 0 aliphatic carbocycles. The molecule has 0 amide bonds. The molecular weight excluding hydrogens is 544 g/mol. The van der Waals surface area contributed by atoms with Gasteiger partial charge >= 0.3 is 11.9 Å². The van der Waals surface area contributed by atoms with Crippen molar-refractivity contribution in [3.8, 4) is 0 Å². The van der Waals surface area contributed by atoms with E-state index in [1.165, 1.54) is 14.2 Å². The molecule has 3 rings (SSSR count). The van der Waals surface area contributed by atoms with Gasteiger partial charge in [-0.3, -0.25) is 9.80 Å². The van der Waals surface area contributed by atoms with E-state index in [2.05, 4.69) is 26.7 Å². The highest BCUT2D eigenvalue weighted by Gasteiger charge is 2.15. The average molecular weight is 589 g/mol. The normalized spacial score (nSPS) is 19.4. The highest BCUT2D eigenvalue weighted by Crippen LogP contribution is 2.08. The molecule has 0 radical (unpaired) electrons. The molecule has 42 heavy (non-hydrogen) atoms. The Labute approximate surface area is 248 Å². The molecule has 3 heterocycles. The topological polar surface area (TPSA) is 122 Å². The summed E-state index contributed by atoms with van der Waals surface area (Å²) in [7, 11) is 2.69. The summed E-state index contributed by atoms with van der Waals surface area (Å²) in [5.41, 5.74) is 2.12. The number of carbonyl (C=O) groups is 2. The van der Waals surface area contributed by atoms with E-state index in [0.717, 1.165) is 17.8 Å². The van der Waals surface area contributed by atoms with Crippen LogP contribution in [0.25, 0.3) is 0 Å². The van der Waals surface area contributed by atoms with Gasteiger partial charge in [0, 0.05) is 39.3 Å². The van der Waals surface area contributed by atoms with Crippen molar-refractivity contribution in [3.05, 3.63) is 59.2 Å². The van der Waals surface area contributed by atoms with E-state index >= 15 is 0 Å². The zero-order valence-corrected chi connectivity index (χ0v) is 25.0. The lowest BCUT2D eigenvalue weighted by molar-refractivity contribution is -0.0344. The van der Waals surface area contributed by atoms with Crippen LogP contribution in [0, 0.1) is 0 Å². The van der Waals surface area contributed by atoms with Crippen LogP contribution in [-0.2, 0) is 41.5 Å². The largest absolute Gasteiger partial charge is 0.464 e. The van der Waals surface area contributed by atoms with E-state index in [-0.39, 0.29) is 17.5 Å². The minimum atomic E-state index is -0.457. The Morgan fingerprint density at radius 3 is 1.69 bits per heavy atom. The third-order valence-electron chi connectivity index (χ3n) is 6.72. The highest BCUT2D eigenvalue weighted by molar-refractivity contribution is 5.87. The Bertz CT molecular complexity index is 1090. The average Bonchev–Trinajstić information content (AvgIpc) is 3.02. The van der Waals surface area contributed by atoms with E-state index in [1.54, 1.807) is 18.2 Å². The number of hydrogen-bond acceptors (Lipinski definition) is 12. The molecule has 1 atom stereocenters. The Hall–Kier alpha value is -3.00. The SMILES string of the molecule is CC[C@@H]1COCCN(Cc2cccc(C(=O)OC)n2)CCOCCOCCN(Cc2cccc(C(=O)OC)n2)CCO1. The summed E-state index contributed by atoms with van der Waals surface area (Å²) in [4.78, 5) is 37.1. The van der Waals surface area contributed by atoms with Crippen LogP contribution in [0.2, 0.25) is 0 Å². The summed E-state index contributed by atoms with van der Waals surface area (Å²) in [6, 6.07) is 10.7. The summed E-state index contributed by atoms with van der Waals surface area (Å²) in [5, 5.41) is 0. The number of esters is 2. The van der Waals surface area contributed by atoms with Gasteiger partial charge in [-0.25, -0.2) is 19.6 Å². The number of nitrogens with zero attached hydrogens (tertiary/aromatic N) is 4. The second kappa shape index (κ2) is 19.2. The fraction of sp³-hybridized carbons (Fsp3) is 0.600. The van der Waals surface area contributed by atoms with Crippen molar-refractivity contribution in [2.75, 3.05) is 86.6 Å². The van der Waals surface area contributed by atoms with Crippen molar-refractivity contribution in [2.24, 2.45) is 0 Å². The van der Waals surface area contributed by atoms with Crippen molar-refractivity contribution >= 4 is 11.9 Å². The third-order valence-corrected chi connectivity index (χ3v) is 6.72. The summed E-state index contributed by atoms with van der Waals surface area (Å²) in [6.07, 6.45) is 0.797. The maximum atomic E-state index is 11.9. The molecule has 0 spiro atoms. The fourth-order valence-electron chi connectivity index (χ4n) is 4.32. The van der Waals surface area contributed by atoms with E-state index in [4.69, 9.17) is 28.4 Å². The van der Waals surface area contributed by atoms with Crippen LogP contribution in [0.1, 0.15) is 45.7 Å². The number of aromatic nitrogens is 2. The van der Waals surface area contributed by atoms with Gasteiger partial charge in [-0.1, -0.05) is 19.1 Å². The maximum absolute atomic E-state index is 11.9. The van der Waals surface area contributed by atoms with E-state index < -0.39 is 11.9 Å². The van der Waals surface area contributed by atoms with Gasteiger partial charge in [-0.05, 0) is 30.7 Å². The molecule has 0 N–H and O–H groups in total. The van der Waals surface area contributed by atoms with Gasteiger partial charge in [0.1, 0.15) is 11.4 Å². The summed E-state index contributed by atoms with van der Waals surface area (Å²) in [6.45, 7) is 9.41. The third kappa shape index (κ3) is 12.1. The summed E-state index contributed by atoms with van der Waals surface area (Å²) >= 11 is 0. The van der Waals surface area contributed by atoms with Gasteiger partial charge in [0.2, 0.25) is 0 Å². The number of pyridine rings is 2. The number of rotatable bonds is 7. The molecule has 0 bridgehead atoms. The van der Waals surface area contributed by atoms with Crippen LogP contribution in [0.4, 0.5) is 0 Å². The predicted octanol–water partition coefficient (Wildman–Crippen LogP) is 2.21. The van der Waals surface area contributed by atoms with Crippen LogP contribution < -0.4 is 0 Å². The smallest absolute Gasteiger partial charge is 0.356 e. The van der Waals surface area contributed by atoms with E-state index in [0.29, 0.717) is 85.5 Å². The number of ether oxygens (including phenoxy) is 6. The van der Waals surface area contributed by atoms with Crippen LogP contribution in [0.3, 0.4) is 0 Å². The number of carbonyl (C=O) groups excluding carboxylic acids is 2. The summed E-state index contributed by atoms with van der Waals surface area (Å²) < 4.78 is 33.5. The molecule has 1 fully saturated rings. The van der Waals surface area contributed by atoms with Gasteiger partial charge in [0.15, 0.2) is 0 Å². The lowest BCUT2D eigenvalue weighted by Crippen LogP contribution is -2.34. The van der Waals surface area contributed by atoms with Gasteiger partial charge in [0.25, 0.3) is 0 Å². The van der Waals surface area contributed by atoms with Crippen LogP contribution in [0.15, 0.2) is 36.4 Å². The first-order valence-corrected chi connectivity index (χ1v) is 14.4. The van der Waals surface area contributed by atoms with Gasteiger partial charge < -0.3 is 28.4 Å². The first-order valence-electron chi connectivity index (χ1n) is 14.4. The number of hydrogen-bond donors (Lipinski definition) is 0. The minimum absolute atomic E-state index is 0.0297. The monoisotopic (exact) mass is 588 g/mol. The van der Waals surface area contributed by atoms with Gasteiger partial charge in [0.05, 0.1) is 78.0 Å². The second-order valence-electron chi connectivity index (χ2n) is 9.76. The van der Waals surface area contributed by atoms with Crippen molar-refractivity contribution < 1.29 is 38.0 Å². The Morgan fingerprint density at radius 1 is 0.738 bits per heavy atom. The molecule has 0 saturated carbocycles. The summed E-state index contributed by atoms with van der Waals surface area (Å²) in [5.74, 6) is -0.914. The van der Waals surface area contributed by atoms with Crippen LogP contribution in [-0.4, -0.2) is 124 Å². The maximum Gasteiger partial charge on any atom is 0.356 e. The van der Waals surface area contributed by atoms with Crippen LogP contribution in [0.5, 0.6) is 0 Å². The molecule has 1 aliphatic heterocycles. The molecule has 2 aromatic heterocycles. The first-order chi connectivity index (χ1) is 20.5. The van der Waals surface area contributed by atoms with Gasteiger partial charge in [-0.15, -0.1) is 0 Å². The highest BCUT2D eigenvalue weighted by atomic mass is 16.5. The molecule has 1 aliphatic rings. The second-order valence-corrected chi connectivity index (χ2v) is 9.76. The minimum Gasteiger partial charge on any atom is -0.464 e. The van der Waals surface area contributed by atoms with Crippen molar-refractivity contribution in [3.63, 3.8) is 0 Å². The number of methoxy groups -OCH3 is 2. The molecule has 2 aromatic rings. The lowest BCUT2D eigenvalue weighted by atomic mass is 10.2. The van der Waals surface area contributed by atoms with Crippen molar-refractivity contribution in [1.82, 2.24) is 19.8 Å². The fourth-order valence-corrected chi connectivity index (χ4v) is 4.32. The zero-order chi connectivity index (χ0) is 30.0. The quantitative estimate of drug-likeness (QED) is 0.441. The molecule has 232 valence electrons. The molecule has 12 nitrogen and oxygen atoms in total. The van der Waals surface area contributed by atoms with E-state index in [1.807, 2.05) is 18.2 Å². The van der Waals surface area contributed by atoms with Crippen molar-refractivity contribution in [1.29, 1.82) is 0 Å². The Kier molecular flexibility index (Phi) is 15.3. The predicted molar refractivity (Wildman–Crippen MR) is 154 cm³/mol. The van der Waals surface area contributed by atoms with Crippen molar-refractivity contribution in [2.45, 2.75) is 32.5 Å². The zero-order valence-electron chi connectivity index (χ0n) is 25.0. The Morgan fingerprint density at radius 2 is 1.21 bits per heavy atom. The van der Waals surface area contributed by atoms with Crippen LogP contribution >= 0.6 is 0 Å². The van der Waals surface area contributed by atoms with Gasteiger partial charge in [-0.2, -0.15) is 0 Å². The van der Waals surface area contributed by atoms with E-state index in [9.17, 15) is 9.59 Å². The molecule has 0 aromatic carbocycles. The molecule has 0 unspecified atom stereocenters. The lowest BCUT2D eigenvalue weighted by Gasteiger charge is -2.25. The Balaban J connectivity index is 1.56. The molecule has 12 heteroatoms.